The molecule has 0 aliphatic carbocycles. The molecule has 0 aromatic heterocycles. The van der Waals surface area contributed by atoms with E-state index in [0.29, 0.717) is 25.1 Å². The molecule has 142 valence electrons. The number of aryl methyl sites for hydroxylation is 2. The Labute approximate surface area is 156 Å². The van der Waals surface area contributed by atoms with Crippen LogP contribution in [-0.2, 0) is 9.59 Å². The van der Waals surface area contributed by atoms with Gasteiger partial charge in [-0.2, -0.15) is 0 Å². The smallest absolute Gasteiger partial charge is 0.223 e. The number of hydrogen-bond donors (Lipinski definition) is 1. The number of Topliss-reactive ketones (excluding diaryl/α,β-unsaturated/α-hetero) is 1. The Morgan fingerprint density at radius 2 is 1.92 bits per heavy atom. The summed E-state index contributed by atoms with van der Waals surface area (Å²) < 4.78 is 0. The van der Waals surface area contributed by atoms with E-state index in [0.717, 1.165) is 30.4 Å². The van der Waals surface area contributed by atoms with Crippen LogP contribution in [0.1, 0.15) is 66.9 Å². The summed E-state index contributed by atoms with van der Waals surface area (Å²) in [6, 6.07) is 5.85. The summed E-state index contributed by atoms with van der Waals surface area (Å²) in [6.45, 7) is 7.11. The SMILES string of the molecule is CCCC(=O)NC1CCCN(C(=O)CCC(=O)c2cc(C)ccc2C)C1. The van der Waals surface area contributed by atoms with Gasteiger partial charge in [0.2, 0.25) is 11.8 Å². The van der Waals surface area contributed by atoms with E-state index in [2.05, 4.69) is 5.32 Å². The second kappa shape index (κ2) is 9.51. The topological polar surface area (TPSA) is 66.5 Å². The Kier molecular flexibility index (Phi) is 7.37. The van der Waals surface area contributed by atoms with Crippen LogP contribution >= 0.6 is 0 Å². The molecule has 0 spiro atoms. The van der Waals surface area contributed by atoms with Gasteiger partial charge in [-0.1, -0.05) is 24.6 Å². The molecule has 0 saturated carbocycles. The lowest BCUT2D eigenvalue weighted by atomic mass is 9.98. The molecule has 1 unspecified atom stereocenters. The lowest BCUT2D eigenvalue weighted by molar-refractivity contribution is -0.133. The lowest BCUT2D eigenvalue weighted by Crippen LogP contribution is -2.49. The highest BCUT2D eigenvalue weighted by Gasteiger charge is 2.25. The number of rotatable bonds is 7. The van der Waals surface area contributed by atoms with Crippen molar-refractivity contribution in [3.63, 3.8) is 0 Å². The summed E-state index contributed by atoms with van der Waals surface area (Å²) in [7, 11) is 0. The molecule has 0 radical (unpaired) electrons. The van der Waals surface area contributed by atoms with Crippen LogP contribution in [0.4, 0.5) is 0 Å². The zero-order valence-corrected chi connectivity index (χ0v) is 16.1. The van der Waals surface area contributed by atoms with Gasteiger partial charge in [-0.3, -0.25) is 14.4 Å². The van der Waals surface area contributed by atoms with Gasteiger partial charge in [-0.05, 0) is 44.7 Å². The van der Waals surface area contributed by atoms with Gasteiger partial charge in [-0.15, -0.1) is 0 Å². The van der Waals surface area contributed by atoms with E-state index in [1.807, 2.05) is 39.0 Å². The van der Waals surface area contributed by atoms with E-state index in [9.17, 15) is 14.4 Å². The summed E-state index contributed by atoms with van der Waals surface area (Å²) in [5.74, 6) is 0.0688. The zero-order valence-electron chi connectivity index (χ0n) is 16.1. The van der Waals surface area contributed by atoms with Crippen molar-refractivity contribution >= 4 is 17.6 Å². The predicted octanol–water partition coefficient (Wildman–Crippen LogP) is 3.17. The average Bonchev–Trinajstić information content (AvgIpc) is 2.61. The minimum absolute atomic E-state index is 0.00176. The Bertz CT molecular complexity index is 669. The molecular formula is C21H30N2O3. The van der Waals surface area contributed by atoms with Gasteiger partial charge < -0.3 is 10.2 Å². The Morgan fingerprint density at radius 3 is 2.65 bits per heavy atom. The van der Waals surface area contributed by atoms with Crippen molar-refractivity contribution in [2.45, 2.75) is 65.3 Å². The van der Waals surface area contributed by atoms with Crippen LogP contribution in [0, 0.1) is 13.8 Å². The zero-order chi connectivity index (χ0) is 19.1. The Balaban J connectivity index is 1.86. The molecule has 1 saturated heterocycles. The summed E-state index contributed by atoms with van der Waals surface area (Å²) in [6.07, 6.45) is 3.58. The molecule has 1 aliphatic rings. The van der Waals surface area contributed by atoms with Crippen LogP contribution in [-0.4, -0.2) is 41.6 Å². The summed E-state index contributed by atoms with van der Waals surface area (Å²) >= 11 is 0. The van der Waals surface area contributed by atoms with Crippen molar-refractivity contribution in [1.29, 1.82) is 0 Å². The van der Waals surface area contributed by atoms with Crippen LogP contribution in [0.5, 0.6) is 0 Å². The molecule has 1 N–H and O–H groups in total. The predicted molar refractivity (Wildman–Crippen MR) is 102 cm³/mol. The monoisotopic (exact) mass is 358 g/mol. The van der Waals surface area contributed by atoms with E-state index in [4.69, 9.17) is 0 Å². The Morgan fingerprint density at radius 1 is 1.15 bits per heavy atom. The normalized spacial score (nSPS) is 17.0. The fraction of sp³-hybridized carbons (Fsp3) is 0.571. The summed E-state index contributed by atoms with van der Waals surface area (Å²) in [5, 5.41) is 3.01. The quantitative estimate of drug-likeness (QED) is 0.761. The number of nitrogens with zero attached hydrogens (tertiary/aromatic N) is 1. The third kappa shape index (κ3) is 5.68. The highest BCUT2D eigenvalue weighted by molar-refractivity contribution is 5.99. The van der Waals surface area contributed by atoms with Crippen LogP contribution < -0.4 is 5.32 Å². The standard InChI is InChI=1S/C21H30N2O3/c1-4-6-20(25)22-17-7-5-12-23(14-17)21(26)11-10-19(24)18-13-15(2)8-9-16(18)3/h8-9,13,17H,4-7,10-12,14H2,1-3H3,(H,22,25). The number of carbonyl (C=O) groups is 3. The van der Waals surface area contributed by atoms with Crippen molar-refractivity contribution in [3.8, 4) is 0 Å². The summed E-state index contributed by atoms with van der Waals surface area (Å²) in [5.41, 5.74) is 2.71. The van der Waals surface area contributed by atoms with Gasteiger partial charge in [0.05, 0.1) is 0 Å². The van der Waals surface area contributed by atoms with Crippen LogP contribution in [0.25, 0.3) is 0 Å². The highest BCUT2D eigenvalue weighted by Crippen LogP contribution is 2.16. The second-order valence-corrected chi connectivity index (χ2v) is 7.24. The third-order valence-corrected chi connectivity index (χ3v) is 4.88. The third-order valence-electron chi connectivity index (χ3n) is 4.88. The number of hydrogen-bond acceptors (Lipinski definition) is 3. The maximum absolute atomic E-state index is 12.5. The first-order valence-corrected chi connectivity index (χ1v) is 9.58. The van der Waals surface area contributed by atoms with Gasteiger partial charge in [0, 0.05) is 44.0 Å². The average molecular weight is 358 g/mol. The van der Waals surface area contributed by atoms with E-state index in [1.54, 1.807) is 4.90 Å². The second-order valence-electron chi connectivity index (χ2n) is 7.24. The molecule has 1 atom stereocenters. The van der Waals surface area contributed by atoms with Crippen molar-refractivity contribution in [3.05, 3.63) is 34.9 Å². The maximum Gasteiger partial charge on any atom is 0.223 e. The minimum atomic E-state index is -0.00176. The minimum Gasteiger partial charge on any atom is -0.352 e. The molecule has 1 aromatic carbocycles. The van der Waals surface area contributed by atoms with E-state index in [-0.39, 0.29) is 36.5 Å². The molecule has 1 aliphatic heterocycles. The first kappa shape index (κ1) is 20.1. The van der Waals surface area contributed by atoms with Gasteiger partial charge in [0.15, 0.2) is 5.78 Å². The number of carbonyl (C=O) groups excluding carboxylic acids is 3. The van der Waals surface area contributed by atoms with Crippen molar-refractivity contribution < 1.29 is 14.4 Å². The molecule has 5 heteroatoms. The van der Waals surface area contributed by atoms with E-state index in [1.165, 1.54) is 0 Å². The van der Waals surface area contributed by atoms with Crippen molar-refractivity contribution in [1.82, 2.24) is 10.2 Å². The molecule has 5 nitrogen and oxygen atoms in total. The fourth-order valence-electron chi connectivity index (χ4n) is 3.40. The number of ketones is 1. The molecule has 26 heavy (non-hydrogen) atoms. The maximum atomic E-state index is 12.5. The van der Waals surface area contributed by atoms with Gasteiger partial charge >= 0.3 is 0 Å². The van der Waals surface area contributed by atoms with E-state index >= 15 is 0 Å². The van der Waals surface area contributed by atoms with Crippen molar-refractivity contribution in [2.75, 3.05) is 13.1 Å². The largest absolute Gasteiger partial charge is 0.352 e. The first-order valence-electron chi connectivity index (χ1n) is 9.58. The number of piperidine rings is 1. The first-order chi connectivity index (χ1) is 12.4. The molecule has 1 heterocycles. The summed E-state index contributed by atoms with van der Waals surface area (Å²) in [4.78, 5) is 38.5. The van der Waals surface area contributed by atoms with Gasteiger partial charge in [0.25, 0.3) is 0 Å². The molecule has 2 rings (SSSR count). The molecule has 0 bridgehead atoms. The van der Waals surface area contributed by atoms with Crippen molar-refractivity contribution in [2.24, 2.45) is 0 Å². The molecule has 1 aromatic rings. The van der Waals surface area contributed by atoms with Crippen LogP contribution in [0.15, 0.2) is 18.2 Å². The fourth-order valence-corrected chi connectivity index (χ4v) is 3.40. The van der Waals surface area contributed by atoms with Gasteiger partial charge in [-0.25, -0.2) is 0 Å². The number of nitrogens with one attached hydrogen (secondary N) is 1. The van der Waals surface area contributed by atoms with E-state index < -0.39 is 0 Å². The highest BCUT2D eigenvalue weighted by atomic mass is 16.2. The lowest BCUT2D eigenvalue weighted by Gasteiger charge is -2.33. The number of amides is 2. The molecule has 2 amide bonds. The molecule has 1 fully saturated rings. The van der Waals surface area contributed by atoms with Gasteiger partial charge in [0.1, 0.15) is 0 Å². The van der Waals surface area contributed by atoms with Crippen LogP contribution in [0.3, 0.4) is 0 Å². The van der Waals surface area contributed by atoms with Crippen LogP contribution in [0.2, 0.25) is 0 Å². The Hall–Kier alpha value is -2.17. The number of benzene rings is 1. The number of likely N-dealkylation sites (tertiary alicyclic amines) is 1. The molecular weight excluding hydrogens is 328 g/mol.